The zero-order chi connectivity index (χ0) is 23.4. The zero-order valence-corrected chi connectivity index (χ0v) is 19.3. The predicted molar refractivity (Wildman–Crippen MR) is 129 cm³/mol. The Morgan fingerprint density at radius 1 is 1.18 bits per heavy atom. The Morgan fingerprint density at radius 3 is 2.73 bits per heavy atom. The van der Waals surface area contributed by atoms with Crippen molar-refractivity contribution >= 4 is 45.9 Å². The number of hydrogen-bond donors (Lipinski definition) is 0. The maximum atomic E-state index is 13.3. The number of fused-ring (bicyclic) bond motifs is 1. The molecule has 1 aliphatic rings. The largest absolute Gasteiger partial charge is 0.438 e. The van der Waals surface area contributed by atoms with Crippen LogP contribution >= 0.6 is 24.0 Å². The minimum atomic E-state index is -0.415. The SMILES string of the molecule is CCOCCCN1C(=O)/C(=C\c2c(Oc3ccc(F)cc3)nc3ccccn3c2=O)SC1=S. The lowest BCUT2D eigenvalue weighted by Gasteiger charge is -2.14. The number of thioether (sulfide) groups is 1. The summed E-state index contributed by atoms with van der Waals surface area (Å²) in [5, 5.41) is 0. The highest BCUT2D eigenvalue weighted by molar-refractivity contribution is 8.26. The highest BCUT2D eigenvalue weighted by Gasteiger charge is 2.32. The van der Waals surface area contributed by atoms with Crippen LogP contribution in [0.25, 0.3) is 11.7 Å². The number of pyridine rings is 1. The van der Waals surface area contributed by atoms with Gasteiger partial charge in [-0.25, -0.2) is 4.39 Å². The summed E-state index contributed by atoms with van der Waals surface area (Å²) in [6, 6.07) is 10.5. The van der Waals surface area contributed by atoms with E-state index in [1.54, 1.807) is 24.4 Å². The summed E-state index contributed by atoms with van der Waals surface area (Å²) < 4.78 is 26.2. The first-order valence-corrected chi connectivity index (χ1v) is 11.5. The Morgan fingerprint density at radius 2 is 1.97 bits per heavy atom. The van der Waals surface area contributed by atoms with Crippen molar-refractivity contribution in [1.29, 1.82) is 0 Å². The number of thiocarbonyl (C=S) groups is 1. The van der Waals surface area contributed by atoms with E-state index in [2.05, 4.69) is 4.98 Å². The Labute approximate surface area is 198 Å². The van der Waals surface area contributed by atoms with Gasteiger partial charge in [0, 0.05) is 26.0 Å². The number of amides is 1. The molecule has 3 heterocycles. The van der Waals surface area contributed by atoms with Crippen LogP contribution in [0, 0.1) is 5.82 Å². The molecule has 3 aromatic rings. The third kappa shape index (κ3) is 5.13. The minimum Gasteiger partial charge on any atom is -0.438 e. The first-order chi connectivity index (χ1) is 16.0. The molecule has 1 fully saturated rings. The van der Waals surface area contributed by atoms with E-state index in [0.717, 1.165) is 11.8 Å². The van der Waals surface area contributed by atoms with Gasteiger partial charge < -0.3 is 9.47 Å². The zero-order valence-electron chi connectivity index (χ0n) is 17.7. The van der Waals surface area contributed by atoms with Gasteiger partial charge in [0.2, 0.25) is 5.88 Å². The molecule has 1 amide bonds. The molecule has 4 rings (SSSR count). The van der Waals surface area contributed by atoms with Crippen LogP contribution in [0.15, 0.2) is 58.4 Å². The van der Waals surface area contributed by atoms with Gasteiger partial charge >= 0.3 is 0 Å². The summed E-state index contributed by atoms with van der Waals surface area (Å²) >= 11 is 6.49. The smallest absolute Gasteiger partial charge is 0.269 e. The summed E-state index contributed by atoms with van der Waals surface area (Å²) in [4.78, 5) is 32.5. The number of hydrogen-bond acceptors (Lipinski definition) is 7. The fraction of sp³-hybridized carbons (Fsp3) is 0.217. The molecule has 170 valence electrons. The van der Waals surface area contributed by atoms with E-state index in [4.69, 9.17) is 21.7 Å². The number of benzene rings is 1. The van der Waals surface area contributed by atoms with Crippen molar-refractivity contribution in [3.05, 3.63) is 75.3 Å². The molecule has 0 saturated carbocycles. The molecular weight excluding hydrogens is 465 g/mol. The van der Waals surface area contributed by atoms with E-state index in [0.29, 0.717) is 46.8 Å². The van der Waals surface area contributed by atoms with Gasteiger partial charge in [0.25, 0.3) is 11.5 Å². The summed E-state index contributed by atoms with van der Waals surface area (Å²) in [6.45, 7) is 3.46. The summed E-state index contributed by atoms with van der Waals surface area (Å²) in [5.41, 5.74) is 0.0670. The Balaban J connectivity index is 1.71. The van der Waals surface area contributed by atoms with Crippen molar-refractivity contribution in [1.82, 2.24) is 14.3 Å². The first kappa shape index (κ1) is 23.1. The van der Waals surface area contributed by atoms with Gasteiger partial charge in [-0.15, -0.1) is 0 Å². The van der Waals surface area contributed by atoms with Gasteiger partial charge in [0.15, 0.2) is 0 Å². The molecule has 0 bridgehead atoms. The standard InChI is InChI=1S/C23H20FN3O4S2/c1-2-30-13-5-12-27-22(29)18(33-23(27)32)14-17-20(31-16-9-7-15(24)8-10-16)25-19-6-3-4-11-26(19)21(17)28/h3-4,6-11,14H,2,5,12-13H2,1H3/b18-14+. The second kappa shape index (κ2) is 10.2. The van der Waals surface area contributed by atoms with Crippen LogP contribution < -0.4 is 10.3 Å². The van der Waals surface area contributed by atoms with Crippen molar-refractivity contribution in [2.24, 2.45) is 0 Å². The van der Waals surface area contributed by atoms with Crippen molar-refractivity contribution in [2.75, 3.05) is 19.8 Å². The van der Waals surface area contributed by atoms with Crippen molar-refractivity contribution in [3.63, 3.8) is 0 Å². The average Bonchev–Trinajstić information content (AvgIpc) is 3.08. The van der Waals surface area contributed by atoms with E-state index < -0.39 is 11.4 Å². The highest BCUT2D eigenvalue weighted by atomic mass is 32.2. The molecule has 7 nitrogen and oxygen atoms in total. The van der Waals surface area contributed by atoms with Gasteiger partial charge in [-0.1, -0.05) is 30.0 Å². The van der Waals surface area contributed by atoms with Crippen LogP contribution in [0.3, 0.4) is 0 Å². The van der Waals surface area contributed by atoms with E-state index in [1.165, 1.54) is 39.6 Å². The van der Waals surface area contributed by atoms with Crippen LogP contribution in [-0.2, 0) is 9.53 Å². The van der Waals surface area contributed by atoms with E-state index >= 15 is 0 Å². The molecule has 1 aliphatic heterocycles. The molecule has 0 aliphatic carbocycles. The molecule has 0 radical (unpaired) electrons. The maximum Gasteiger partial charge on any atom is 0.269 e. The van der Waals surface area contributed by atoms with Gasteiger partial charge in [-0.05, 0) is 55.8 Å². The van der Waals surface area contributed by atoms with E-state index in [9.17, 15) is 14.0 Å². The number of rotatable bonds is 8. The monoisotopic (exact) mass is 485 g/mol. The Kier molecular flexibility index (Phi) is 7.17. The van der Waals surface area contributed by atoms with Gasteiger partial charge in [-0.3, -0.25) is 18.9 Å². The van der Waals surface area contributed by atoms with E-state index in [-0.39, 0.29) is 17.4 Å². The molecule has 0 spiro atoms. The van der Waals surface area contributed by atoms with Crippen LogP contribution in [0.5, 0.6) is 11.6 Å². The quantitative estimate of drug-likeness (QED) is 0.268. The molecule has 2 aromatic heterocycles. The number of aromatic nitrogens is 2. The van der Waals surface area contributed by atoms with Crippen LogP contribution in [0.2, 0.25) is 0 Å². The van der Waals surface area contributed by atoms with Gasteiger partial charge in [-0.2, -0.15) is 4.98 Å². The second-order valence-corrected chi connectivity index (χ2v) is 8.68. The van der Waals surface area contributed by atoms with Crippen molar-refractivity contribution < 1.29 is 18.7 Å². The number of ether oxygens (including phenoxy) is 2. The van der Waals surface area contributed by atoms with Crippen LogP contribution in [-0.4, -0.2) is 44.3 Å². The predicted octanol–water partition coefficient (Wildman–Crippen LogP) is 4.25. The molecule has 0 unspecified atom stereocenters. The fourth-order valence-electron chi connectivity index (χ4n) is 3.19. The fourth-order valence-corrected chi connectivity index (χ4v) is 4.48. The molecule has 0 N–H and O–H groups in total. The Bertz CT molecular complexity index is 1290. The lowest BCUT2D eigenvalue weighted by atomic mass is 10.2. The number of carbonyl (C=O) groups is 1. The lowest BCUT2D eigenvalue weighted by molar-refractivity contribution is -0.122. The van der Waals surface area contributed by atoms with Gasteiger partial charge in [0.1, 0.15) is 27.1 Å². The second-order valence-electron chi connectivity index (χ2n) is 7.00. The van der Waals surface area contributed by atoms with Crippen molar-refractivity contribution in [3.8, 4) is 11.6 Å². The van der Waals surface area contributed by atoms with Crippen LogP contribution in [0.4, 0.5) is 4.39 Å². The summed E-state index contributed by atoms with van der Waals surface area (Å²) in [6.07, 6.45) is 3.69. The number of carbonyl (C=O) groups excluding carboxylic acids is 1. The van der Waals surface area contributed by atoms with Crippen molar-refractivity contribution in [2.45, 2.75) is 13.3 Å². The molecule has 1 saturated heterocycles. The number of nitrogens with zero attached hydrogens (tertiary/aromatic N) is 3. The topological polar surface area (TPSA) is 73.1 Å². The highest BCUT2D eigenvalue weighted by Crippen LogP contribution is 2.34. The minimum absolute atomic E-state index is 0.0134. The first-order valence-electron chi connectivity index (χ1n) is 10.3. The molecule has 33 heavy (non-hydrogen) atoms. The maximum absolute atomic E-state index is 13.3. The van der Waals surface area contributed by atoms with E-state index in [1.807, 2.05) is 6.92 Å². The van der Waals surface area contributed by atoms with Gasteiger partial charge in [0.05, 0.1) is 4.91 Å². The molecular formula is C23H20FN3O4S2. The lowest BCUT2D eigenvalue weighted by Crippen LogP contribution is -2.29. The third-order valence-corrected chi connectivity index (χ3v) is 6.16. The average molecular weight is 486 g/mol. The third-order valence-electron chi connectivity index (χ3n) is 4.79. The molecule has 0 atom stereocenters. The normalized spacial score (nSPS) is 15.1. The Hall–Kier alpha value is -3.08. The van der Waals surface area contributed by atoms with Crippen LogP contribution in [0.1, 0.15) is 18.9 Å². The molecule has 10 heteroatoms. The molecule has 1 aromatic carbocycles. The summed E-state index contributed by atoms with van der Waals surface area (Å²) in [7, 11) is 0. The number of halogens is 1. The summed E-state index contributed by atoms with van der Waals surface area (Å²) in [5.74, 6) is -0.380.